The van der Waals surface area contributed by atoms with Gasteiger partial charge in [-0.05, 0) is 37.8 Å². The van der Waals surface area contributed by atoms with Gasteiger partial charge >= 0.3 is 0 Å². The first kappa shape index (κ1) is 11.0. The van der Waals surface area contributed by atoms with E-state index in [1.807, 2.05) is 29.2 Å². The van der Waals surface area contributed by atoms with Gasteiger partial charge < -0.3 is 4.90 Å². The van der Waals surface area contributed by atoms with Crippen molar-refractivity contribution >= 4 is 17.3 Å². The van der Waals surface area contributed by atoms with E-state index in [0.717, 1.165) is 30.8 Å². The smallest absolute Gasteiger partial charge is 0.256 e. The largest absolute Gasteiger partial charge is 0.329 e. The second-order valence-corrected chi connectivity index (χ2v) is 4.55. The van der Waals surface area contributed by atoms with Gasteiger partial charge in [-0.15, -0.1) is 0 Å². The Hall–Kier alpha value is -2.08. The average Bonchev–Trinajstić information content (AvgIpc) is 2.83. The van der Waals surface area contributed by atoms with Gasteiger partial charge in [0, 0.05) is 6.54 Å². The molecular formula is C15H14N2O. The summed E-state index contributed by atoms with van der Waals surface area (Å²) in [5.41, 5.74) is 2.26. The highest BCUT2D eigenvalue weighted by molar-refractivity contribution is 6.12. The summed E-state index contributed by atoms with van der Waals surface area (Å²) >= 11 is 0. The van der Waals surface area contributed by atoms with E-state index in [-0.39, 0.29) is 11.9 Å². The first-order valence-corrected chi connectivity index (χ1v) is 6.22. The van der Waals surface area contributed by atoms with Gasteiger partial charge in [0.15, 0.2) is 0 Å². The zero-order chi connectivity index (χ0) is 12.5. The van der Waals surface area contributed by atoms with E-state index in [1.165, 1.54) is 0 Å². The lowest BCUT2D eigenvalue weighted by atomic mass is 10.1. The van der Waals surface area contributed by atoms with Crippen LogP contribution in [0.15, 0.2) is 29.3 Å². The van der Waals surface area contributed by atoms with Crippen molar-refractivity contribution in [3.05, 3.63) is 29.8 Å². The monoisotopic (exact) mass is 238 g/mol. The number of nitrogens with zero attached hydrogens (tertiary/aromatic N) is 2. The number of hydrogen-bond acceptors (Lipinski definition) is 2. The van der Waals surface area contributed by atoms with Crippen molar-refractivity contribution in [3.63, 3.8) is 0 Å². The molecule has 0 bridgehead atoms. The van der Waals surface area contributed by atoms with Crippen LogP contribution in [0.3, 0.4) is 0 Å². The molecule has 3 rings (SSSR count). The number of carbonyl (C=O) groups excluding carboxylic acids is 1. The molecule has 2 aliphatic heterocycles. The maximum absolute atomic E-state index is 12.5. The van der Waals surface area contributed by atoms with E-state index in [4.69, 9.17) is 0 Å². The average molecular weight is 238 g/mol. The summed E-state index contributed by atoms with van der Waals surface area (Å²) in [4.78, 5) is 19.0. The molecule has 1 amide bonds. The Morgan fingerprint density at radius 2 is 2.22 bits per heavy atom. The second kappa shape index (κ2) is 4.30. The number of hydrogen-bond donors (Lipinski definition) is 0. The van der Waals surface area contributed by atoms with Crippen LogP contribution in [0, 0.1) is 11.8 Å². The van der Waals surface area contributed by atoms with E-state index < -0.39 is 0 Å². The van der Waals surface area contributed by atoms with Crippen LogP contribution >= 0.6 is 0 Å². The maximum Gasteiger partial charge on any atom is 0.256 e. The van der Waals surface area contributed by atoms with Crippen LogP contribution in [0.25, 0.3) is 0 Å². The number of rotatable bonds is 0. The molecule has 1 aromatic carbocycles. The molecule has 1 atom stereocenters. The van der Waals surface area contributed by atoms with Gasteiger partial charge in [-0.25, -0.2) is 4.99 Å². The van der Waals surface area contributed by atoms with Gasteiger partial charge in [0.05, 0.1) is 17.3 Å². The lowest BCUT2D eigenvalue weighted by molar-refractivity contribution is 0.0773. The summed E-state index contributed by atoms with van der Waals surface area (Å²) in [6, 6.07) is 7.58. The fraction of sp³-hybridized carbons (Fsp3) is 0.333. The Kier molecular flexibility index (Phi) is 2.64. The highest BCUT2D eigenvalue weighted by atomic mass is 16.2. The van der Waals surface area contributed by atoms with Gasteiger partial charge in [-0.1, -0.05) is 18.1 Å². The van der Waals surface area contributed by atoms with Crippen molar-refractivity contribution < 1.29 is 4.79 Å². The molecule has 1 fully saturated rings. The zero-order valence-electron chi connectivity index (χ0n) is 10.3. The molecular weight excluding hydrogens is 224 g/mol. The minimum Gasteiger partial charge on any atom is -0.329 e. The number of carbonyl (C=O) groups is 1. The predicted octanol–water partition coefficient (Wildman–Crippen LogP) is 2.40. The van der Waals surface area contributed by atoms with E-state index in [1.54, 1.807) is 6.92 Å². The number of fused-ring (bicyclic) bond motifs is 2. The van der Waals surface area contributed by atoms with E-state index in [9.17, 15) is 4.79 Å². The fourth-order valence-electron chi connectivity index (χ4n) is 2.64. The summed E-state index contributed by atoms with van der Waals surface area (Å²) in [6.07, 6.45) is 2.00. The van der Waals surface area contributed by atoms with E-state index in [0.29, 0.717) is 5.56 Å². The molecule has 1 aromatic rings. The van der Waals surface area contributed by atoms with Crippen molar-refractivity contribution in [2.75, 3.05) is 6.54 Å². The first-order valence-electron chi connectivity index (χ1n) is 6.22. The molecule has 0 aliphatic carbocycles. The molecule has 3 heteroatoms. The molecule has 0 N–H and O–H groups in total. The normalized spacial score (nSPS) is 21.4. The third-order valence-electron chi connectivity index (χ3n) is 3.46. The molecule has 18 heavy (non-hydrogen) atoms. The molecule has 2 aliphatic rings. The zero-order valence-corrected chi connectivity index (χ0v) is 10.3. The topological polar surface area (TPSA) is 32.7 Å². The molecule has 0 aromatic heterocycles. The summed E-state index contributed by atoms with van der Waals surface area (Å²) in [5, 5.41) is 0. The molecule has 0 unspecified atom stereocenters. The SMILES string of the molecule is CC#CC1=Nc2ccccc2C(=O)N2CCC[C@@H]12. The van der Waals surface area contributed by atoms with Crippen molar-refractivity contribution in [2.45, 2.75) is 25.8 Å². The summed E-state index contributed by atoms with van der Waals surface area (Å²) in [7, 11) is 0. The van der Waals surface area contributed by atoms with Crippen LogP contribution in [0.5, 0.6) is 0 Å². The van der Waals surface area contributed by atoms with Gasteiger partial charge in [0.2, 0.25) is 0 Å². The second-order valence-electron chi connectivity index (χ2n) is 4.55. The van der Waals surface area contributed by atoms with Crippen LogP contribution in [-0.2, 0) is 0 Å². The summed E-state index contributed by atoms with van der Waals surface area (Å²) < 4.78 is 0. The van der Waals surface area contributed by atoms with Crippen molar-refractivity contribution in [3.8, 4) is 11.8 Å². The molecule has 3 nitrogen and oxygen atoms in total. The van der Waals surface area contributed by atoms with Crippen molar-refractivity contribution in [1.29, 1.82) is 0 Å². The first-order chi connectivity index (χ1) is 8.81. The number of amides is 1. The Balaban J connectivity index is 2.18. The number of para-hydroxylation sites is 1. The lowest BCUT2D eigenvalue weighted by Crippen LogP contribution is -2.38. The van der Waals surface area contributed by atoms with Crippen LogP contribution in [0.1, 0.15) is 30.1 Å². The highest BCUT2D eigenvalue weighted by Gasteiger charge is 2.35. The van der Waals surface area contributed by atoms with Crippen LogP contribution in [-0.4, -0.2) is 29.1 Å². The third kappa shape index (κ3) is 1.62. The number of aliphatic imine (C=N–C) groups is 1. The van der Waals surface area contributed by atoms with Crippen molar-refractivity contribution in [2.24, 2.45) is 4.99 Å². The Bertz CT molecular complexity index is 592. The summed E-state index contributed by atoms with van der Waals surface area (Å²) in [5.74, 6) is 6.06. The fourth-order valence-corrected chi connectivity index (χ4v) is 2.64. The van der Waals surface area contributed by atoms with Gasteiger partial charge in [0.1, 0.15) is 5.71 Å². The van der Waals surface area contributed by atoms with Crippen molar-refractivity contribution in [1.82, 2.24) is 4.90 Å². The molecule has 0 radical (unpaired) electrons. The van der Waals surface area contributed by atoms with E-state index in [2.05, 4.69) is 16.8 Å². The van der Waals surface area contributed by atoms with Gasteiger partial charge in [-0.3, -0.25) is 4.79 Å². The van der Waals surface area contributed by atoms with Crippen LogP contribution < -0.4 is 0 Å². The number of benzene rings is 1. The van der Waals surface area contributed by atoms with Gasteiger partial charge in [-0.2, -0.15) is 0 Å². The van der Waals surface area contributed by atoms with Crippen LogP contribution in [0.2, 0.25) is 0 Å². The lowest BCUT2D eigenvalue weighted by Gasteiger charge is -2.21. The third-order valence-corrected chi connectivity index (χ3v) is 3.46. The molecule has 2 heterocycles. The molecule has 1 saturated heterocycles. The minimum absolute atomic E-state index is 0.0670. The Labute approximate surface area is 107 Å². The quantitative estimate of drug-likeness (QED) is 0.639. The Morgan fingerprint density at radius 1 is 1.39 bits per heavy atom. The standard InChI is InChI=1S/C15H14N2O/c1-2-6-13-14-9-5-10-17(14)15(18)11-7-3-4-8-12(11)16-13/h3-4,7-8,14H,5,9-10H2,1H3/t14-/m0/s1. The van der Waals surface area contributed by atoms with Gasteiger partial charge in [0.25, 0.3) is 5.91 Å². The minimum atomic E-state index is 0.0670. The van der Waals surface area contributed by atoms with Crippen LogP contribution in [0.4, 0.5) is 5.69 Å². The molecule has 0 saturated carbocycles. The molecule has 90 valence electrons. The van der Waals surface area contributed by atoms with E-state index >= 15 is 0 Å². The maximum atomic E-state index is 12.5. The summed E-state index contributed by atoms with van der Waals surface area (Å²) in [6.45, 7) is 2.61. The Morgan fingerprint density at radius 3 is 3.06 bits per heavy atom. The predicted molar refractivity (Wildman–Crippen MR) is 71.0 cm³/mol. The highest BCUT2D eigenvalue weighted by Crippen LogP contribution is 2.30. The molecule has 0 spiro atoms.